The first-order valence-corrected chi connectivity index (χ1v) is 7.00. The molecular formula is C13H23N3S. The first-order valence-electron chi connectivity index (χ1n) is 6.01. The first kappa shape index (κ1) is 14.5. The minimum absolute atomic E-state index is 1.03. The molecule has 0 aromatic carbocycles. The molecule has 96 valence electrons. The van der Waals surface area contributed by atoms with Crippen LogP contribution in [-0.4, -0.2) is 49.4 Å². The van der Waals surface area contributed by atoms with Gasteiger partial charge in [-0.1, -0.05) is 0 Å². The smallest absolute Gasteiger partial charge is 0.0966 e. The van der Waals surface area contributed by atoms with Crippen LogP contribution in [-0.2, 0) is 0 Å². The molecule has 0 saturated heterocycles. The summed E-state index contributed by atoms with van der Waals surface area (Å²) in [6, 6.07) is 4.26. The van der Waals surface area contributed by atoms with E-state index in [1.165, 1.54) is 5.56 Å². The number of pyridine rings is 1. The number of thioether (sulfide) groups is 1. The molecule has 1 aromatic heterocycles. The van der Waals surface area contributed by atoms with E-state index in [0.29, 0.717) is 0 Å². The summed E-state index contributed by atoms with van der Waals surface area (Å²) in [7, 11) is 4.19. The van der Waals surface area contributed by atoms with Gasteiger partial charge in [0.25, 0.3) is 0 Å². The molecular weight excluding hydrogens is 230 g/mol. The van der Waals surface area contributed by atoms with E-state index in [1.807, 2.05) is 18.7 Å². The molecule has 0 unspecified atom stereocenters. The summed E-state index contributed by atoms with van der Waals surface area (Å²) in [6.45, 7) is 7.34. The molecule has 0 fully saturated rings. The van der Waals surface area contributed by atoms with Crippen molar-refractivity contribution < 1.29 is 0 Å². The van der Waals surface area contributed by atoms with Gasteiger partial charge in [-0.2, -0.15) is 0 Å². The van der Waals surface area contributed by atoms with E-state index in [4.69, 9.17) is 0 Å². The molecule has 0 saturated carbocycles. The van der Waals surface area contributed by atoms with Crippen LogP contribution in [0.1, 0.15) is 11.3 Å². The molecule has 0 radical (unpaired) electrons. The van der Waals surface area contributed by atoms with Gasteiger partial charge >= 0.3 is 0 Å². The Bertz CT molecular complexity index is 319. The molecule has 0 aliphatic carbocycles. The van der Waals surface area contributed by atoms with E-state index in [-0.39, 0.29) is 0 Å². The van der Waals surface area contributed by atoms with Crippen LogP contribution in [0.3, 0.4) is 0 Å². The van der Waals surface area contributed by atoms with Crippen LogP contribution in [0.25, 0.3) is 0 Å². The lowest BCUT2D eigenvalue weighted by Crippen LogP contribution is -2.27. The Hall–Kier alpha value is -0.580. The van der Waals surface area contributed by atoms with Gasteiger partial charge in [0.2, 0.25) is 0 Å². The predicted octanol–water partition coefficient (Wildman–Crippen LogP) is 1.94. The Labute approximate surface area is 109 Å². The van der Waals surface area contributed by atoms with Crippen molar-refractivity contribution in [2.75, 3.05) is 39.5 Å². The average molecular weight is 253 g/mol. The third-order valence-corrected chi connectivity index (χ3v) is 3.25. The highest BCUT2D eigenvalue weighted by Gasteiger charge is 1.98. The molecule has 4 heteroatoms. The highest BCUT2D eigenvalue weighted by molar-refractivity contribution is 7.99. The second kappa shape index (κ2) is 7.69. The van der Waals surface area contributed by atoms with Gasteiger partial charge in [-0.3, -0.25) is 0 Å². The molecule has 0 aliphatic rings. The van der Waals surface area contributed by atoms with Crippen molar-refractivity contribution in [1.29, 1.82) is 0 Å². The van der Waals surface area contributed by atoms with Crippen molar-refractivity contribution in [2.45, 2.75) is 18.9 Å². The van der Waals surface area contributed by atoms with Crippen molar-refractivity contribution >= 4 is 11.8 Å². The monoisotopic (exact) mass is 253 g/mol. The first-order chi connectivity index (χ1) is 8.08. The molecule has 1 rings (SSSR count). The zero-order valence-electron chi connectivity index (χ0n) is 11.3. The lowest BCUT2D eigenvalue weighted by Gasteiger charge is -2.10. The van der Waals surface area contributed by atoms with Gasteiger partial charge in [-0.15, -0.1) is 11.8 Å². The summed E-state index contributed by atoms with van der Waals surface area (Å²) in [6.07, 6.45) is 0. The molecule has 0 amide bonds. The molecule has 0 atom stereocenters. The highest BCUT2D eigenvalue weighted by atomic mass is 32.2. The number of aryl methyl sites for hydroxylation is 2. The third-order valence-electron chi connectivity index (χ3n) is 2.34. The topological polar surface area (TPSA) is 28.2 Å². The number of aromatic nitrogens is 1. The van der Waals surface area contributed by atoms with E-state index in [2.05, 4.69) is 48.4 Å². The second-order valence-corrected chi connectivity index (χ2v) is 5.64. The lowest BCUT2D eigenvalue weighted by molar-refractivity contribution is 0.403. The fourth-order valence-corrected chi connectivity index (χ4v) is 2.47. The standard InChI is InChI=1S/C13H23N3S/c1-11-9-12(2)15-13(10-11)17-8-6-14-5-7-16(3)4/h9-10,14H,5-8H2,1-4H3. The Morgan fingerprint density at radius 1 is 1.24 bits per heavy atom. The van der Waals surface area contributed by atoms with Crippen LogP contribution in [0.5, 0.6) is 0 Å². The van der Waals surface area contributed by atoms with Crippen LogP contribution in [0.2, 0.25) is 0 Å². The van der Waals surface area contributed by atoms with Crippen LogP contribution >= 0.6 is 11.8 Å². The van der Waals surface area contributed by atoms with Crippen molar-refractivity contribution in [2.24, 2.45) is 0 Å². The zero-order chi connectivity index (χ0) is 12.7. The summed E-state index contributed by atoms with van der Waals surface area (Å²) in [5.74, 6) is 1.07. The Balaban J connectivity index is 2.18. The molecule has 17 heavy (non-hydrogen) atoms. The fraction of sp³-hybridized carbons (Fsp3) is 0.615. The van der Waals surface area contributed by atoms with Crippen molar-refractivity contribution in [3.05, 3.63) is 23.4 Å². The normalized spacial score (nSPS) is 11.1. The molecule has 0 spiro atoms. The van der Waals surface area contributed by atoms with Crippen molar-refractivity contribution in [3.63, 3.8) is 0 Å². The van der Waals surface area contributed by atoms with E-state index >= 15 is 0 Å². The lowest BCUT2D eigenvalue weighted by atomic mass is 10.3. The van der Waals surface area contributed by atoms with E-state index in [1.54, 1.807) is 0 Å². The Kier molecular flexibility index (Phi) is 6.55. The maximum absolute atomic E-state index is 4.51. The largest absolute Gasteiger partial charge is 0.315 e. The number of rotatable bonds is 7. The van der Waals surface area contributed by atoms with Gasteiger partial charge in [0.15, 0.2) is 0 Å². The molecule has 3 nitrogen and oxygen atoms in total. The summed E-state index contributed by atoms with van der Waals surface area (Å²) < 4.78 is 0. The number of likely N-dealkylation sites (N-methyl/N-ethyl adjacent to an activating group) is 1. The fourth-order valence-electron chi connectivity index (χ4n) is 1.53. The molecule has 1 heterocycles. The SMILES string of the molecule is Cc1cc(C)nc(SCCNCCN(C)C)c1. The van der Waals surface area contributed by atoms with Crippen LogP contribution in [0.15, 0.2) is 17.2 Å². The Morgan fingerprint density at radius 3 is 2.65 bits per heavy atom. The second-order valence-electron chi connectivity index (χ2n) is 4.53. The number of hydrogen-bond acceptors (Lipinski definition) is 4. The molecule has 0 aliphatic heterocycles. The Morgan fingerprint density at radius 2 is 2.00 bits per heavy atom. The summed E-state index contributed by atoms with van der Waals surface area (Å²) in [5, 5.41) is 4.56. The quantitative estimate of drug-likeness (QED) is 0.594. The summed E-state index contributed by atoms with van der Waals surface area (Å²) in [5.41, 5.74) is 2.40. The van der Waals surface area contributed by atoms with Gasteiger partial charge in [-0.05, 0) is 45.6 Å². The number of hydrogen-bond donors (Lipinski definition) is 1. The maximum Gasteiger partial charge on any atom is 0.0966 e. The predicted molar refractivity (Wildman–Crippen MR) is 75.9 cm³/mol. The molecule has 0 bridgehead atoms. The third kappa shape index (κ3) is 6.66. The van der Waals surface area contributed by atoms with E-state index in [0.717, 1.165) is 36.1 Å². The van der Waals surface area contributed by atoms with Crippen LogP contribution in [0.4, 0.5) is 0 Å². The zero-order valence-corrected chi connectivity index (χ0v) is 12.1. The number of nitrogens with zero attached hydrogens (tertiary/aromatic N) is 2. The summed E-state index contributed by atoms with van der Waals surface area (Å²) in [4.78, 5) is 6.69. The minimum Gasteiger partial charge on any atom is -0.315 e. The minimum atomic E-state index is 1.03. The van der Waals surface area contributed by atoms with Crippen molar-refractivity contribution in [1.82, 2.24) is 15.2 Å². The van der Waals surface area contributed by atoms with Gasteiger partial charge in [-0.25, -0.2) is 4.98 Å². The van der Waals surface area contributed by atoms with E-state index in [9.17, 15) is 0 Å². The van der Waals surface area contributed by atoms with Crippen molar-refractivity contribution in [3.8, 4) is 0 Å². The van der Waals surface area contributed by atoms with E-state index < -0.39 is 0 Å². The van der Waals surface area contributed by atoms with Gasteiger partial charge in [0.05, 0.1) is 5.03 Å². The average Bonchev–Trinajstić information content (AvgIpc) is 2.21. The van der Waals surface area contributed by atoms with Crippen LogP contribution in [0, 0.1) is 13.8 Å². The highest BCUT2D eigenvalue weighted by Crippen LogP contribution is 2.16. The number of nitrogens with one attached hydrogen (secondary N) is 1. The molecule has 1 aromatic rings. The van der Waals surface area contributed by atoms with Crippen LogP contribution < -0.4 is 5.32 Å². The van der Waals surface area contributed by atoms with Gasteiger partial charge in [0, 0.05) is 31.1 Å². The maximum atomic E-state index is 4.51. The van der Waals surface area contributed by atoms with Gasteiger partial charge in [0.1, 0.15) is 0 Å². The van der Waals surface area contributed by atoms with Gasteiger partial charge < -0.3 is 10.2 Å². The molecule has 1 N–H and O–H groups in total. The summed E-state index contributed by atoms with van der Waals surface area (Å²) >= 11 is 1.82.